The molecule has 0 saturated heterocycles. The summed E-state index contributed by atoms with van der Waals surface area (Å²) in [5, 5.41) is 4.84. The minimum absolute atomic E-state index is 0.117. The van der Waals surface area contributed by atoms with E-state index in [0.29, 0.717) is 6.54 Å². The predicted molar refractivity (Wildman–Crippen MR) is 43.0 cm³/mol. The molecule has 2 N–H and O–H groups in total. The van der Waals surface area contributed by atoms with Crippen LogP contribution in [0, 0.1) is 0 Å². The number of rotatable bonds is 2. The van der Waals surface area contributed by atoms with Crippen LogP contribution < -0.4 is 5.14 Å². The molecule has 0 bridgehead atoms. The highest BCUT2D eigenvalue weighted by Gasteiger charge is 2.07. The summed E-state index contributed by atoms with van der Waals surface area (Å²) < 4.78 is 21.2. The van der Waals surface area contributed by atoms with E-state index in [1.165, 1.54) is 0 Å². The minimum Gasteiger partial charge on any atom is -0.359 e. The number of primary sulfonamides is 1. The second kappa shape index (κ2) is 3.06. The molecule has 1 aliphatic rings. The van der Waals surface area contributed by atoms with Crippen LogP contribution in [0.5, 0.6) is 0 Å². The summed E-state index contributed by atoms with van der Waals surface area (Å²) in [7, 11) is -3.38. The van der Waals surface area contributed by atoms with E-state index in [-0.39, 0.29) is 5.88 Å². The number of sulfonamides is 1. The van der Waals surface area contributed by atoms with Crippen LogP contribution in [0.1, 0.15) is 0 Å². The average molecular weight is 174 g/mol. The van der Waals surface area contributed by atoms with E-state index >= 15 is 0 Å². The largest absolute Gasteiger partial charge is 0.359 e. The molecule has 5 heteroatoms. The fourth-order valence-electron chi connectivity index (χ4n) is 0.834. The number of allylic oxidation sites excluding steroid dienone is 2. The van der Waals surface area contributed by atoms with Crippen LogP contribution in [0.4, 0.5) is 0 Å². The van der Waals surface area contributed by atoms with Crippen molar-refractivity contribution in [3.63, 3.8) is 0 Å². The van der Waals surface area contributed by atoms with Gasteiger partial charge in [-0.05, 0) is 6.08 Å². The van der Waals surface area contributed by atoms with Crippen molar-refractivity contribution in [1.29, 1.82) is 0 Å². The van der Waals surface area contributed by atoms with Crippen LogP contribution >= 0.6 is 0 Å². The monoisotopic (exact) mass is 174 g/mol. The highest BCUT2D eigenvalue weighted by atomic mass is 32.2. The van der Waals surface area contributed by atoms with Crippen LogP contribution in [0.15, 0.2) is 24.4 Å². The van der Waals surface area contributed by atoms with Crippen molar-refractivity contribution >= 4 is 10.0 Å². The van der Waals surface area contributed by atoms with Crippen LogP contribution in [0.3, 0.4) is 0 Å². The van der Waals surface area contributed by atoms with E-state index in [1.54, 1.807) is 17.2 Å². The molecule has 0 amide bonds. The third-order valence-corrected chi connectivity index (χ3v) is 1.92. The normalized spacial score (nSPS) is 17.4. The van der Waals surface area contributed by atoms with E-state index < -0.39 is 10.0 Å². The molecule has 0 aromatic heterocycles. The molecule has 0 atom stereocenters. The molecule has 4 nitrogen and oxygen atoms in total. The van der Waals surface area contributed by atoms with Crippen molar-refractivity contribution in [3.05, 3.63) is 24.4 Å². The zero-order valence-corrected chi connectivity index (χ0v) is 6.79. The maximum absolute atomic E-state index is 10.6. The maximum atomic E-state index is 10.6. The zero-order valence-electron chi connectivity index (χ0n) is 5.97. The van der Waals surface area contributed by atoms with Gasteiger partial charge in [-0.3, -0.25) is 0 Å². The van der Waals surface area contributed by atoms with E-state index in [2.05, 4.69) is 0 Å². The Labute approximate surface area is 66.0 Å². The molecule has 1 heterocycles. The second-order valence-corrected chi connectivity index (χ2v) is 3.92. The van der Waals surface area contributed by atoms with Gasteiger partial charge < -0.3 is 4.90 Å². The number of hydrogen-bond donors (Lipinski definition) is 1. The predicted octanol–water partition coefficient (Wildman–Crippen LogP) is -0.382. The first-order valence-electron chi connectivity index (χ1n) is 3.16. The molecule has 0 fully saturated rings. The van der Waals surface area contributed by atoms with Gasteiger partial charge in [0.05, 0.1) is 0 Å². The molecule has 62 valence electrons. The second-order valence-electron chi connectivity index (χ2n) is 2.33. The van der Waals surface area contributed by atoms with Crippen molar-refractivity contribution < 1.29 is 8.42 Å². The van der Waals surface area contributed by atoms with Gasteiger partial charge in [0.25, 0.3) is 0 Å². The lowest BCUT2D eigenvalue weighted by Gasteiger charge is -2.18. The highest BCUT2D eigenvalue weighted by molar-refractivity contribution is 7.89. The summed E-state index contributed by atoms with van der Waals surface area (Å²) in [5.41, 5.74) is 0. The summed E-state index contributed by atoms with van der Waals surface area (Å²) in [6.07, 6.45) is 7.20. The number of nitrogens with zero attached hydrogens (tertiary/aromatic N) is 1. The summed E-state index contributed by atoms with van der Waals surface area (Å²) >= 11 is 0. The summed E-state index contributed by atoms with van der Waals surface area (Å²) in [5.74, 6) is -0.117. The van der Waals surface area contributed by atoms with Crippen molar-refractivity contribution in [2.24, 2.45) is 5.14 Å². The van der Waals surface area contributed by atoms with Gasteiger partial charge in [-0.1, -0.05) is 12.2 Å². The Morgan fingerprint density at radius 2 is 2.18 bits per heavy atom. The van der Waals surface area contributed by atoms with Crippen LogP contribution in [-0.4, -0.2) is 25.7 Å². The van der Waals surface area contributed by atoms with E-state index in [0.717, 1.165) is 0 Å². The van der Waals surface area contributed by atoms with Gasteiger partial charge in [0.15, 0.2) is 0 Å². The SMILES string of the molecule is NS(=O)(=O)CN1C=CC=CC1. The molecule has 0 aliphatic carbocycles. The van der Waals surface area contributed by atoms with Crippen molar-refractivity contribution in [1.82, 2.24) is 4.90 Å². The Hall–Kier alpha value is -0.810. The molecule has 0 aromatic rings. The Morgan fingerprint density at radius 1 is 1.45 bits per heavy atom. The summed E-state index contributed by atoms with van der Waals surface area (Å²) in [6, 6.07) is 0. The fourth-order valence-corrected chi connectivity index (χ4v) is 1.49. The van der Waals surface area contributed by atoms with Crippen LogP contribution in [0.25, 0.3) is 0 Å². The molecule has 0 saturated carbocycles. The number of hydrogen-bond acceptors (Lipinski definition) is 3. The van der Waals surface area contributed by atoms with Crippen LogP contribution in [-0.2, 0) is 10.0 Å². The Bertz CT molecular complexity index is 279. The maximum Gasteiger partial charge on any atom is 0.227 e. The molecule has 0 aromatic carbocycles. The molecule has 0 spiro atoms. The standard InChI is InChI=1S/C6H10N2O2S/c7-11(9,10)6-8-4-2-1-3-5-8/h1-4H,5-6H2,(H2,7,9,10). The molecule has 0 unspecified atom stereocenters. The quantitative estimate of drug-likeness (QED) is 0.620. The third-order valence-electron chi connectivity index (χ3n) is 1.23. The van der Waals surface area contributed by atoms with E-state index in [1.807, 2.05) is 12.2 Å². The average Bonchev–Trinajstić information content (AvgIpc) is 1.85. The summed E-state index contributed by atoms with van der Waals surface area (Å²) in [4.78, 5) is 1.62. The fraction of sp³-hybridized carbons (Fsp3) is 0.333. The Morgan fingerprint density at radius 3 is 2.64 bits per heavy atom. The van der Waals surface area contributed by atoms with Gasteiger partial charge in [-0.25, -0.2) is 13.6 Å². The first kappa shape index (κ1) is 8.29. The molecule has 0 radical (unpaired) electrons. The van der Waals surface area contributed by atoms with Gasteiger partial charge in [0, 0.05) is 12.7 Å². The number of nitrogens with two attached hydrogens (primary N) is 1. The van der Waals surface area contributed by atoms with Gasteiger partial charge >= 0.3 is 0 Å². The lowest BCUT2D eigenvalue weighted by Crippen LogP contribution is -2.30. The van der Waals surface area contributed by atoms with E-state index in [4.69, 9.17) is 5.14 Å². The minimum atomic E-state index is -3.38. The zero-order chi connectivity index (χ0) is 8.32. The first-order valence-corrected chi connectivity index (χ1v) is 4.87. The molecule has 11 heavy (non-hydrogen) atoms. The van der Waals surface area contributed by atoms with Crippen LogP contribution in [0.2, 0.25) is 0 Å². The third kappa shape index (κ3) is 3.20. The highest BCUT2D eigenvalue weighted by Crippen LogP contribution is 1.98. The molecule has 1 aliphatic heterocycles. The smallest absolute Gasteiger partial charge is 0.227 e. The first-order chi connectivity index (χ1) is 5.08. The topological polar surface area (TPSA) is 63.4 Å². The van der Waals surface area contributed by atoms with Gasteiger partial charge in [0.2, 0.25) is 10.0 Å². The van der Waals surface area contributed by atoms with Crippen molar-refractivity contribution in [2.75, 3.05) is 12.4 Å². The lowest BCUT2D eigenvalue weighted by molar-refractivity contribution is 0.463. The molecular weight excluding hydrogens is 164 g/mol. The Kier molecular flexibility index (Phi) is 2.31. The molecule has 1 rings (SSSR count). The van der Waals surface area contributed by atoms with Crippen molar-refractivity contribution in [3.8, 4) is 0 Å². The summed E-state index contributed by atoms with van der Waals surface area (Å²) in [6.45, 7) is 0.604. The van der Waals surface area contributed by atoms with Gasteiger partial charge in [0.1, 0.15) is 5.88 Å². The van der Waals surface area contributed by atoms with Crippen molar-refractivity contribution in [2.45, 2.75) is 0 Å². The van der Waals surface area contributed by atoms with E-state index in [9.17, 15) is 8.42 Å². The Balaban J connectivity index is 2.52. The van der Waals surface area contributed by atoms with Gasteiger partial charge in [-0.2, -0.15) is 0 Å². The lowest BCUT2D eigenvalue weighted by atomic mass is 10.4. The molecular formula is C6H10N2O2S. The van der Waals surface area contributed by atoms with Gasteiger partial charge in [-0.15, -0.1) is 0 Å².